The first kappa shape index (κ1) is 18.9. The van der Waals surface area contributed by atoms with E-state index in [1.54, 1.807) is 17.9 Å². The van der Waals surface area contributed by atoms with Crippen LogP contribution >= 0.6 is 0 Å². The molecule has 144 valence electrons. The Balaban J connectivity index is 1.65. The van der Waals surface area contributed by atoms with Gasteiger partial charge in [-0.05, 0) is 32.8 Å². The lowest BCUT2D eigenvalue weighted by molar-refractivity contribution is 0.0560. The zero-order valence-corrected chi connectivity index (χ0v) is 15.4. The number of amides is 2. The van der Waals surface area contributed by atoms with Crippen molar-refractivity contribution in [2.45, 2.75) is 44.9 Å². The molecule has 3 rings (SSSR count). The van der Waals surface area contributed by atoms with Crippen LogP contribution in [-0.4, -0.2) is 65.9 Å². The number of urea groups is 1. The van der Waals surface area contributed by atoms with E-state index in [9.17, 15) is 14.3 Å². The first-order valence-electron chi connectivity index (χ1n) is 9.34. The first-order valence-corrected chi connectivity index (χ1v) is 9.34. The molecule has 0 aromatic heterocycles. The van der Waals surface area contributed by atoms with Crippen LogP contribution in [0.4, 0.5) is 9.18 Å². The number of para-hydroxylation sites is 1. The summed E-state index contributed by atoms with van der Waals surface area (Å²) in [5.74, 6) is -0.130. The van der Waals surface area contributed by atoms with E-state index in [2.05, 4.69) is 17.1 Å². The molecule has 1 fully saturated rings. The molecule has 0 saturated carbocycles. The molecule has 1 aromatic carbocycles. The Morgan fingerprint density at radius 1 is 1.46 bits per heavy atom. The molecule has 0 radical (unpaired) electrons. The second-order valence-corrected chi connectivity index (χ2v) is 7.29. The Labute approximate surface area is 153 Å². The van der Waals surface area contributed by atoms with Gasteiger partial charge in [-0.3, -0.25) is 4.90 Å². The maximum absolute atomic E-state index is 14.0. The second kappa shape index (κ2) is 8.22. The van der Waals surface area contributed by atoms with Crippen LogP contribution in [0.2, 0.25) is 0 Å². The van der Waals surface area contributed by atoms with E-state index < -0.39 is 0 Å². The van der Waals surface area contributed by atoms with E-state index in [1.165, 1.54) is 6.07 Å². The molecule has 26 heavy (non-hydrogen) atoms. The Kier molecular flexibility index (Phi) is 5.98. The molecule has 2 aliphatic heterocycles. The van der Waals surface area contributed by atoms with E-state index in [0.29, 0.717) is 31.8 Å². The van der Waals surface area contributed by atoms with Crippen LogP contribution in [0, 0.1) is 5.82 Å². The Morgan fingerprint density at radius 2 is 2.27 bits per heavy atom. The van der Waals surface area contributed by atoms with Crippen LogP contribution in [0.25, 0.3) is 0 Å². The van der Waals surface area contributed by atoms with E-state index in [-0.39, 0.29) is 35.8 Å². The summed E-state index contributed by atoms with van der Waals surface area (Å²) in [4.78, 5) is 16.8. The van der Waals surface area contributed by atoms with Crippen molar-refractivity contribution in [2.75, 3.05) is 32.8 Å². The zero-order chi connectivity index (χ0) is 18.7. The van der Waals surface area contributed by atoms with Gasteiger partial charge in [-0.2, -0.15) is 0 Å². The fourth-order valence-corrected chi connectivity index (χ4v) is 3.75. The highest BCUT2D eigenvalue weighted by molar-refractivity contribution is 5.75. The van der Waals surface area contributed by atoms with Gasteiger partial charge in [-0.25, -0.2) is 9.18 Å². The van der Waals surface area contributed by atoms with E-state index >= 15 is 0 Å². The van der Waals surface area contributed by atoms with Crippen LogP contribution in [0.3, 0.4) is 0 Å². The average molecular weight is 365 g/mol. The Bertz CT molecular complexity index is 640. The number of aliphatic hydroxyl groups excluding tert-OH is 1. The van der Waals surface area contributed by atoms with Crippen molar-refractivity contribution in [2.24, 2.45) is 0 Å². The van der Waals surface area contributed by atoms with Gasteiger partial charge in [-0.15, -0.1) is 0 Å². The summed E-state index contributed by atoms with van der Waals surface area (Å²) in [6, 6.07) is 4.66. The number of nitrogens with one attached hydrogen (secondary N) is 1. The van der Waals surface area contributed by atoms with Crippen molar-refractivity contribution in [1.82, 2.24) is 15.1 Å². The van der Waals surface area contributed by atoms with E-state index in [4.69, 9.17) is 4.74 Å². The van der Waals surface area contributed by atoms with Crippen molar-refractivity contribution in [3.63, 3.8) is 0 Å². The van der Waals surface area contributed by atoms with Gasteiger partial charge in [0.1, 0.15) is 0 Å². The number of carbonyl (C=O) groups excluding carboxylic acids is 1. The molecule has 3 unspecified atom stereocenters. The summed E-state index contributed by atoms with van der Waals surface area (Å²) in [5, 5.41) is 12.6. The minimum absolute atomic E-state index is 0.129. The van der Waals surface area contributed by atoms with Crippen molar-refractivity contribution >= 4 is 6.03 Å². The fraction of sp³-hybridized carbons (Fsp3) is 0.632. The number of carbonyl (C=O) groups is 1. The van der Waals surface area contributed by atoms with Crippen molar-refractivity contribution in [1.29, 1.82) is 0 Å². The molecule has 0 spiro atoms. The number of aliphatic hydroxyl groups is 1. The fourth-order valence-electron chi connectivity index (χ4n) is 3.75. The number of halogens is 1. The monoisotopic (exact) mass is 365 g/mol. The number of nitrogens with zero attached hydrogens (tertiary/aromatic N) is 2. The zero-order valence-electron chi connectivity index (χ0n) is 15.4. The molecule has 2 N–H and O–H groups in total. The van der Waals surface area contributed by atoms with Crippen LogP contribution in [0.15, 0.2) is 18.2 Å². The maximum Gasteiger partial charge on any atom is 0.317 e. The van der Waals surface area contributed by atoms with Gasteiger partial charge in [0.05, 0.1) is 18.8 Å². The molecule has 1 aromatic rings. The van der Waals surface area contributed by atoms with Gasteiger partial charge in [0.2, 0.25) is 0 Å². The number of benzene rings is 1. The average Bonchev–Trinajstić information content (AvgIpc) is 2.80. The largest absolute Gasteiger partial charge is 0.490 e. The number of ether oxygens (including phenoxy) is 1. The van der Waals surface area contributed by atoms with Gasteiger partial charge in [0.15, 0.2) is 11.6 Å². The molecule has 7 heteroatoms. The molecule has 2 amide bonds. The highest BCUT2D eigenvalue weighted by atomic mass is 19.1. The lowest BCUT2D eigenvalue weighted by atomic mass is 10.0. The highest BCUT2D eigenvalue weighted by Crippen LogP contribution is 2.33. The summed E-state index contributed by atoms with van der Waals surface area (Å²) in [5.41, 5.74) is 0.705. The third-order valence-corrected chi connectivity index (χ3v) is 5.11. The maximum atomic E-state index is 14.0. The minimum Gasteiger partial charge on any atom is -0.490 e. The number of β-amino-alcohol motifs (C(OH)–C–C–N with tert-alkyl or cyclic N) is 1. The first-order chi connectivity index (χ1) is 12.5. The molecule has 2 aliphatic rings. The predicted octanol–water partition coefficient (Wildman–Crippen LogP) is 2.14. The molecule has 2 heterocycles. The smallest absolute Gasteiger partial charge is 0.317 e. The highest BCUT2D eigenvalue weighted by Gasteiger charge is 2.30. The van der Waals surface area contributed by atoms with Gasteiger partial charge in [0.25, 0.3) is 0 Å². The SMILES string of the molecule is CC(O)CN1CCN(C(=O)NC2CCCOc3c(F)cccc32)CC1C. The van der Waals surface area contributed by atoms with Crippen LogP contribution in [-0.2, 0) is 0 Å². The second-order valence-electron chi connectivity index (χ2n) is 7.29. The van der Waals surface area contributed by atoms with Crippen molar-refractivity contribution in [3.05, 3.63) is 29.6 Å². The standard InChI is InChI=1S/C19H28FN3O3/c1-13-11-23(9-8-22(13)12-14(2)24)19(25)21-17-7-4-10-26-18-15(17)5-3-6-16(18)20/h3,5-6,13-14,17,24H,4,7-12H2,1-2H3,(H,21,25). The molecular weight excluding hydrogens is 337 g/mol. The van der Waals surface area contributed by atoms with E-state index in [0.717, 1.165) is 19.4 Å². The van der Waals surface area contributed by atoms with E-state index in [1.807, 2.05) is 6.07 Å². The number of rotatable bonds is 3. The van der Waals surface area contributed by atoms with Gasteiger partial charge in [-0.1, -0.05) is 12.1 Å². The number of piperazine rings is 1. The number of hydrogen-bond acceptors (Lipinski definition) is 4. The third-order valence-electron chi connectivity index (χ3n) is 5.11. The summed E-state index contributed by atoms with van der Waals surface area (Å²) in [6.45, 7) is 6.86. The Hall–Kier alpha value is -1.86. The van der Waals surface area contributed by atoms with Gasteiger partial charge in [0, 0.05) is 37.8 Å². The molecule has 6 nitrogen and oxygen atoms in total. The minimum atomic E-state index is -0.385. The lowest BCUT2D eigenvalue weighted by Gasteiger charge is -2.40. The molecular formula is C19H28FN3O3. The van der Waals surface area contributed by atoms with Crippen LogP contribution in [0.1, 0.15) is 38.3 Å². The number of hydrogen-bond donors (Lipinski definition) is 2. The summed E-state index contributed by atoms with van der Waals surface area (Å²) in [6.07, 6.45) is 1.10. The molecule has 1 saturated heterocycles. The lowest BCUT2D eigenvalue weighted by Crippen LogP contribution is -2.57. The Morgan fingerprint density at radius 3 is 3.00 bits per heavy atom. The molecule has 0 bridgehead atoms. The normalized spacial score (nSPS) is 25.0. The third kappa shape index (κ3) is 4.27. The summed E-state index contributed by atoms with van der Waals surface area (Å²) >= 11 is 0. The quantitative estimate of drug-likeness (QED) is 0.861. The number of fused-ring (bicyclic) bond motifs is 1. The summed E-state index contributed by atoms with van der Waals surface area (Å²) < 4.78 is 19.6. The van der Waals surface area contributed by atoms with Gasteiger partial charge >= 0.3 is 6.03 Å². The van der Waals surface area contributed by atoms with Crippen LogP contribution in [0.5, 0.6) is 5.75 Å². The van der Waals surface area contributed by atoms with Crippen molar-refractivity contribution in [3.8, 4) is 5.75 Å². The molecule has 0 aliphatic carbocycles. The van der Waals surface area contributed by atoms with Gasteiger partial charge < -0.3 is 20.1 Å². The summed E-state index contributed by atoms with van der Waals surface area (Å²) in [7, 11) is 0. The molecule has 3 atom stereocenters. The van der Waals surface area contributed by atoms with Crippen LogP contribution < -0.4 is 10.1 Å². The topological polar surface area (TPSA) is 65.0 Å². The van der Waals surface area contributed by atoms with Crippen molar-refractivity contribution < 1.29 is 19.0 Å². The predicted molar refractivity (Wildman–Crippen MR) is 96.7 cm³/mol.